The molecule has 206 valence electrons. The van der Waals surface area contributed by atoms with Crippen molar-refractivity contribution in [1.82, 2.24) is 19.3 Å². The van der Waals surface area contributed by atoms with Crippen molar-refractivity contribution >= 4 is 16.7 Å². The largest absolute Gasteiger partial charge is 0.487 e. The topological polar surface area (TPSA) is 121 Å². The van der Waals surface area contributed by atoms with Crippen LogP contribution in [0, 0.1) is 6.92 Å². The Morgan fingerprint density at radius 3 is 2.66 bits per heavy atom. The SMILES string of the molecule is CCC1CN(Cc2cc(C(CC(=O)O)CC(C)c3cn(CC)nn3)ccc2C)S(O)(O)c2ccccc2O1. The number of rotatable bonds is 10. The highest BCUT2D eigenvalue weighted by Crippen LogP contribution is 2.57. The average molecular weight is 543 g/mol. The van der Waals surface area contributed by atoms with Gasteiger partial charge in [-0.2, -0.15) is 4.31 Å². The monoisotopic (exact) mass is 542 g/mol. The summed E-state index contributed by atoms with van der Waals surface area (Å²) in [5, 5.41) is 18.1. The Bertz CT molecular complexity index is 1260. The Morgan fingerprint density at radius 2 is 1.97 bits per heavy atom. The summed E-state index contributed by atoms with van der Waals surface area (Å²) in [6, 6.07) is 13.1. The molecule has 0 saturated heterocycles. The number of benzene rings is 2. The van der Waals surface area contributed by atoms with Crippen molar-refractivity contribution in [2.75, 3.05) is 6.54 Å². The number of carbonyl (C=O) groups is 1. The first-order valence-electron chi connectivity index (χ1n) is 13.1. The van der Waals surface area contributed by atoms with Gasteiger partial charge in [0, 0.05) is 25.2 Å². The second kappa shape index (κ2) is 11.9. The number of hydrogen-bond acceptors (Lipinski definition) is 7. The van der Waals surface area contributed by atoms with E-state index in [1.165, 1.54) is 0 Å². The molecule has 0 bridgehead atoms. The predicted octanol–water partition coefficient (Wildman–Crippen LogP) is 6.06. The van der Waals surface area contributed by atoms with Crippen molar-refractivity contribution in [3.8, 4) is 5.75 Å². The van der Waals surface area contributed by atoms with E-state index in [1.807, 2.05) is 58.2 Å². The van der Waals surface area contributed by atoms with Gasteiger partial charge in [-0.15, -0.1) is 15.9 Å². The first-order chi connectivity index (χ1) is 18.1. The van der Waals surface area contributed by atoms with E-state index in [1.54, 1.807) is 27.2 Å². The highest BCUT2D eigenvalue weighted by molar-refractivity contribution is 8.22. The number of nitrogens with zero attached hydrogens (tertiary/aromatic N) is 4. The first kappa shape index (κ1) is 28.1. The van der Waals surface area contributed by atoms with Gasteiger partial charge >= 0.3 is 5.97 Å². The molecule has 0 radical (unpaired) electrons. The van der Waals surface area contributed by atoms with Gasteiger partial charge in [-0.3, -0.25) is 18.6 Å². The number of aromatic nitrogens is 3. The second-order valence-corrected chi connectivity index (χ2v) is 12.0. The van der Waals surface area contributed by atoms with Crippen LogP contribution in [-0.2, 0) is 17.9 Å². The summed E-state index contributed by atoms with van der Waals surface area (Å²) in [6.07, 6.45) is 3.05. The Hall–Kier alpha value is -2.92. The molecule has 3 atom stereocenters. The molecule has 38 heavy (non-hydrogen) atoms. The van der Waals surface area contributed by atoms with Gasteiger partial charge in [0.15, 0.2) is 0 Å². The van der Waals surface area contributed by atoms with Crippen LogP contribution in [0.5, 0.6) is 5.75 Å². The zero-order chi connectivity index (χ0) is 27.4. The highest BCUT2D eigenvalue weighted by atomic mass is 32.3. The lowest BCUT2D eigenvalue weighted by Gasteiger charge is -2.42. The Labute approximate surface area is 225 Å². The second-order valence-electron chi connectivity index (χ2n) is 10.1. The summed E-state index contributed by atoms with van der Waals surface area (Å²) in [7, 11) is -3.29. The van der Waals surface area contributed by atoms with Crippen molar-refractivity contribution < 1.29 is 23.7 Å². The van der Waals surface area contributed by atoms with Crippen LogP contribution in [0.25, 0.3) is 0 Å². The van der Waals surface area contributed by atoms with Crippen LogP contribution in [-0.4, -0.2) is 52.1 Å². The lowest BCUT2D eigenvalue weighted by atomic mass is 9.85. The van der Waals surface area contributed by atoms with Crippen molar-refractivity contribution in [1.29, 1.82) is 0 Å². The molecule has 1 aliphatic rings. The number of carboxylic acids is 1. The van der Waals surface area contributed by atoms with Crippen LogP contribution < -0.4 is 4.74 Å². The molecule has 10 heteroatoms. The van der Waals surface area contributed by atoms with E-state index in [0.29, 0.717) is 30.2 Å². The number of aryl methyl sites for hydroxylation is 2. The van der Waals surface area contributed by atoms with Gasteiger partial charge in [0.05, 0.1) is 18.7 Å². The minimum Gasteiger partial charge on any atom is -0.487 e. The van der Waals surface area contributed by atoms with Crippen LogP contribution in [0.15, 0.2) is 53.6 Å². The van der Waals surface area contributed by atoms with Gasteiger partial charge in [-0.05, 0) is 61.4 Å². The first-order valence-corrected chi connectivity index (χ1v) is 14.6. The molecular formula is C28H38N4O5S. The van der Waals surface area contributed by atoms with E-state index in [0.717, 1.165) is 35.3 Å². The highest BCUT2D eigenvalue weighted by Gasteiger charge is 2.35. The third-order valence-electron chi connectivity index (χ3n) is 7.30. The van der Waals surface area contributed by atoms with Gasteiger partial charge < -0.3 is 9.84 Å². The molecule has 4 rings (SSSR count). The molecule has 2 heterocycles. The van der Waals surface area contributed by atoms with Gasteiger partial charge in [0.2, 0.25) is 0 Å². The summed E-state index contributed by atoms with van der Waals surface area (Å²) >= 11 is 0. The minimum atomic E-state index is -3.29. The minimum absolute atomic E-state index is 0.00716. The van der Waals surface area contributed by atoms with Crippen molar-refractivity contribution in [2.24, 2.45) is 0 Å². The third kappa shape index (κ3) is 6.20. The maximum Gasteiger partial charge on any atom is 0.303 e. The molecule has 3 aromatic rings. The summed E-state index contributed by atoms with van der Waals surface area (Å²) in [6.45, 7) is 9.44. The van der Waals surface area contributed by atoms with E-state index in [-0.39, 0.29) is 24.4 Å². The molecule has 0 fully saturated rings. The summed E-state index contributed by atoms with van der Waals surface area (Å²) in [5.74, 6) is -0.558. The lowest BCUT2D eigenvalue weighted by molar-refractivity contribution is -0.137. The molecule has 2 aromatic carbocycles. The van der Waals surface area contributed by atoms with Gasteiger partial charge in [-0.1, -0.05) is 49.4 Å². The zero-order valence-corrected chi connectivity index (χ0v) is 23.3. The van der Waals surface area contributed by atoms with Crippen molar-refractivity contribution in [2.45, 2.75) is 82.9 Å². The van der Waals surface area contributed by atoms with Crippen LogP contribution in [0.2, 0.25) is 0 Å². The van der Waals surface area contributed by atoms with E-state index in [4.69, 9.17) is 4.74 Å². The third-order valence-corrected chi connectivity index (χ3v) is 9.22. The Morgan fingerprint density at radius 1 is 1.21 bits per heavy atom. The normalized spacial score (nSPS) is 19.6. The number of fused-ring (bicyclic) bond motifs is 1. The predicted molar refractivity (Wildman–Crippen MR) is 148 cm³/mol. The fraction of sp³-hybridized carbons (Fsp3) is 0.464. The lowest BCUT2D eigenvalue weighted by Crippen LogP contribution is -2.34. The quantitative estimate of drug-likeness (QED) is 0.283. The Balaban J connectivity index is 1.63. The summed E-state index contributed by atoms with van der Waals surface area (Å²) in [5.41, 5.74) is 3.69. The number of hydrogen-bond donors (Lipinski definition) is 3. The molecule has 9 nitrogen and oxygen atoms in total. The standard InChI is InChI=1S/C28H38N4O5S/c1-5-24-17-32(38(35,36)27-10-8-7-9-26(27)37-24)16-23-14-21(12-11-19(23)3)22(15-28(33)34)13-20(4)25-18-31(6-2)30-29-25/h7-12,14,18,20,22,24,35-36H,5-6,13,15-17H2,1-4H3,(H,33,34). The van der Waals surface area contributed by atoms with E-state index >= 15 is 0 Å². The molecule has 0 aliphatic carbocycles. The maximum atomic E-state index is 11.8. The van der Waals surface area contributed by atoms with E-state index in [2.05, 4.69) is 10.3 Å². The van der Waals surface area contributed by atoms with Crippen molar-refractivity contribution in [3.05, 3.63) is 71.0 Å². The molecule has 3 N–H and O–H groups in total. The molecular weight excluding hydrogens is 504 g/mol. The van der Waals surface area contributed by atoms with Gasteiger partial charge in [-0.25, -0.2) is 0 Å². The van der Waals surface area contributed by atoms with Crippen LogP contribution in [0.3, 0.4) is 0 Å². The molecule has 0 saturated carbocycles. The van der Waals surface area contributed by atoms with Crippen LogP contribution in [0.4, 0.5) is 0 Å². The molecule has 0 amide bonds. The molecule has 1 aliphatic heterocycles. The summed E-state index contributed by atoms with van der Waals surface area (Å²) < 4.78 is 32.4. The average Bonchev–Trinajstić information content (AvgIpc) is 3.34. The van der Waals surface area contributed by atoms with Gasteiger partial charge in [0.1, 0.15) is 16.7 Å². The number of aliphatic carboxylic acids is 1. The fourth-order valence-corrected chi connectivity index (χ4v) is 6.54. The number of para-hydroxylation sites is 1. The summed E-state index contributed by atoms with van der Waals surface area (Å²) in [4.78, 5) is 12.2. The fourth-order valence-electron chi connectivity index (χ4n) is 4.92. The van der Waals surface area contributed by atoms with E-state index < -0.39 is 16.7 Å². The number of carboxylic acid groups (broad SMARTS) is 1. The van der Waals surface area contributed by atoms with Gasteiger partial charge in [0.25, 0.3) is 0 Å². The number of ether oxygens (including phenoxy) is 1. The van der Waals surface area contributed by atoms with Crippen LogP contribution in [0.1, 0.15) is 74.3 Å². The molecule has 1 aromatic heterocycles. The smallest absolute Gasteiger partial charge is 0.303 e. The van der Waals surface area contributed by atoms with Crippen LogP contribution >= 0.6 is 10.8 Å². The molecule has 0 spiro atoms. The maximum absolute atomic E-state index is 11.8. The molecule has 3 unspecified atom stereocenters. The Kier molecular flexibility index (Phi) is 8.77. The van der Waals surface area contributed by atoms with E-state index in [9.17, 15) is 19.0 Å². The zero-order valence-electron chi connectivity index (χ0n) is 22.4. The van der Waals surface area contributed by atoms with Crippen molar-refractivity contribution in [3.63, 3.8) is 0 Å².